The number of aromatic nitrogens is 3. The van der Waals surface area contributed by atoms with E-state index in [1.165, 1.54) is 18.2 Å². The third kappa shape index (κ3) is 1.70. The van der Waals surface area contributed by atoms with Crippen molar-refractivity contribution in [2.24, 2.45) is 0 Å². The smallest absolute Gasteiger partial charge is 0.157 e. The van der Waals surface area contributed by atoms with Crippen molar-refractivity contribution in [3.05, 3.63) is 35.4 Å². The van der Waals surface area contributed by atoms with E-state index in [-0.39, 0.29) is 0 Å². The zero-order valence-corrected chi connectivity index (χ0v) is 7.95. The molecule has 0 bridgehead atoms. The number of hydrogen-bond donors (Lipinski definition) is 1. The van der Waals surface area contributed by atoms with Crippen molar-refractivity contribution in [1.82, 2.24) is 15.2 Å². The first kappa shape index (κ1) is 9.34. The monoisotopic (exact) mass is 202 g/mol. The number of halogens is 1. The van der Waals surface area contributed by atoms with Gasteiger partial charge < -0.3 is 0 Å². The van der Waals surface area contributed by atoms with Crippen LogP contribution in [0.15, 0.2) is 18.2 Å². The summed E-state index contributed by atoms with van der Waals surface area (Å²) in [6.07, 6.45) is 0. The first-order valence-corrected chi connectivity index (χ1v) is 4.30. The van der Waals surface area contributed by atoms with Crippen LogP contribution in [0.5, 0.6) is 0 Å². The Balaban J connectivity index is 2.61. The molecule has 0 atom stereocenters. The van der Waals surface area contributed by atoms with Gasteiger partial charge in [-0.1, -0.05) is 0 Å². The minimum absolute atomic E-state index is 0.368. The van der Waals surface area contributed by atoms with E-state index in [1.807, 2.05) is 6.07 Å². The van der Waals surface area contributed by atoms with Crippen molar-refractivity contribution >= 4 is 0 Å². The molecule has 1 heterocycles. The van der Waals surface area contributed by atoms with Gasteiger partial charge in [0, 0.05) is 5.56 Å². The number of aryl methyl sites for hydroxylation is 1. The number of hydrogen-bond acceptors (Lipinski definition) is 3. The van der Waals surface area contributed by atoms with Crippen LogP contribution < -0.4 is 0 Å². The quantitative estimate of drug-likeness (QED) is 0.766. The summed E-state index contributed by atoms with van der Waals surface area (Å²) in [5.74, 6) is 0.555. The van der Waals surface area contributed by atoms with Gasteiger partial charge in [0.25, 0.3) is 0 Å². The Labute approximate surface area is 85.4 Å². The Kier molecular flexibility index (Phi) is 2.18. The van der Waals surface area contributed by atoms with Crippen molar-refractivity contribution in [2.45, 2.75) is 6.92 Å². The molecule has 0 radical (unpaired) electrons. The summed E-state index contributed by atoms with van der Waals surface area (Å²) in [6.45, 7) is 1.71. The molecule has 1 aromatic heterocycles. The molecule has 0 saturated carbocycles. The molecule has 5 heteroatoms. The van der Waals surface area contributed by atoms with E-state index >= 15 is 0 Å². The van der Waals surface area contributed by atoms with Gasteiger partial charge in [0.2, 0.25) is 0 Å². The van der Waals surface area contributed by atoms with Crippen LogP contribution in [0.2, 0.25) is 0 Å². The zero-order valence-electron chi connectivity index (χ0n) is 7.95. The summed E-state index contributed by atoms with van der Waals surface area (Å²) in [4.78, 5) is 4.05. The van der Waals surface area contributed by atoms with Gasteiger partial charge in [0.05, 0.1) is 11.6 Å². The molecule has 0 aliphatic carbocycles. The second-order valence-electron chi connectivity index (χ2n) is 3.03. The number of nitriles is 1. The highest BCUT2D eigenvalue weighted by atomic mass is 19.1. The fourth-order valence-electron chi connectivity index (χ4n) is 1.28. The van der Waals surface area contributed by atoms with Crippen LogP contribution in [0.4, 0.5) is 4.39 Å². The second kappa shape index (κ2) is 3.50. The lowest BCUT2D eigenvalue weighted by Crippen LogP contribution is -1.88. The normalized spacial score (nSPS) is 9.93. The first-order valence-electron chi connectivity index (χ1n) is 4.30. The van der Waals surface area contributed by atoms with Gasteiger partial charge in [-0.2, -0.15) is 10.4 Å². The molecule has 0 aliphatic heterocycles. The molecule has 2 aromatic rings. The van der Waals surface area contributed by atoms with E-state index in [0.29, 0.717) is 22.8 Å². The molecule has 0 saturated heterocycles. The van der Waals surface area contributed by atoms with Crippen molar-refractivity contribution in [3.63, 3.8) is 0 Å². The van der Waals surface area contributed by atoms with Gasteiger partial charge in [-0.15, -0.1) is 0 Å². The number of nitrogens with zero attached hydrogens (tertiary/aromatic N) is 3. The minimum Gasteiger partial charge on any atom is -0.259 e. The van der Waals surface area contributed by atoms with Gasteiger partial charge >= 0.3 is 0 Å². The van der Waals surface area contributed by atoms with Gasteiger partial charge in [-0.25, -0.2) is 9.37 Å². The summed E-state index contributed by atoms with van der Waals surface area (Å²) >= 11 is 0. The van der Waals surface area contributed by atoms with Gasteiger partial charge in [0.15, 0.2) is 5.82 Å². The lowest BCUT2D eigenvalue weighted by molar-refractivity contribution is 0.628. The molecule has 15 heavy (non-hydrogen) atoms. The van der Waals surface area contributed by atoms with Crippen molar-refractivity contribution in [2.75, 3.05) is 0 Å². The minimum atomic E-state index is -0.405. The maximum atomic E-state index is 13.0. The Morgan fingerprint density at radius 1 is 1.47 bits per heavy atom. The fourth-order valence-corrected chi connectivity index (χ4v) is 1.28. The number of rotatable bonds is 1. The summed E-state index contributed by atoms with van der Waals surface area (Å²) in [5.41, 5.74) is 0.797. The zero-order chi connectivity index (χ0) is 10.8. The molecule has 4 nitrogen and oxygen atoms in total. The number of aromatic amines is 1. The average molecular weight is 202 g/mol. The molecule has 0 fully saturated rings. The standard InChI is InChI=1S/C10H7FN4/c1-6-13-10(15-14-6)9-4-8(11)3-2-7(9)5-12/h2-4H,1H3,(H,13,14,15). The summed E-state index contributed by atoms with van der Waals surface area (Å²) < 4.78 is 13.0. The first-order chi connectivity index (χ1) is 7.20. The number of H-pyrrole nitrogens is 1. The van der Waals surface area contributed by atoms with Crippen LogP contribution in [0.3, 0.4) is 0 Å². The topological polar surface area (TPSA) is 65.4 Å². The summed E-state index contributed by atoms with van der Waals surface area (Å²) in [7, 11) is 0. The maximum absolute atomic E-state index is 13.0. The van der Waals surface area contributed by atoms with E-state index in [9.17, 15) is 4.39 Å². The van der Waals surface area contributed by atoms with E-state index in [2.05, 4.69) is 15.2 Å². The highest BCUT2D eigenvalue weighted by Gasteiger charge is 2.09. The molecule has 0 unspecified atom stereocenters. The van der Waals surface area contributed by atoms with Gasteiger partial charge in [-0.05, 0) is 25.1 Å². The SMILES string of the molecule is Cc1n[nH]c(-c2cc(F)ccc2C#N)n1. The lowest BCUT2D eigenvalue weighted by Gasteiger charge is -1.98. The average Bonchev–Trinajstić information content (AvgIpc) is 2.65. The lowest BCUT2D eigenvalue weighted by atomic mass is 10.1. The molecule has 0 aliphatic rings. The molecule has 1 N–H and O–H groups in total. The maximum Gasteiger partial charge on any atom is 0.157 e. The van der Waals surface area contributed by atoms with E-state index in [1.54, 1.807) is 6.92 Å². The predicted octanol–water partition coefficient (Wildman–Crippen LogP) is 1.79. The highest BCUT2D eigenvalue weighted by Crippen LogP contribution is 2.20. The number of benzene rings is 1. The van der Waals surface area contributed by atoms with Crippen LogP contribution in [0.1, 0.15) is 11.4 Å². The molecular formula is C10H7FN4. The van der Waals surface area contributed by atoms with Crippen LogP contribution in [-0.4, -0.2) is 15.2 Å². The Morgan fingerprint density at radius 2 is 2.27 bits per heavy atom. The largest absolute Gasteiger partial charge is 0.259 e. The van der Waals surface area contributed by atoms with Crippen molar-refractivity contribution in [1.29, 1.82) is 5.26 Å². The third-order valence-corrected chi connectivity index (χ3v) is 1.95. The van der Waals surface area contributed by atoms with Crippen LogP contribution in [0, 0.1) is 24.1 Å². The van der Waals surface area contributed by atoms with Crippen LogP contribution in [0.25, 0.3) is 11.4 Å². The Hall–Kier alpha value is -2.22. The summed E-state index contributed by atoms with van der Waals surface area (Å²) in [6, 6.07) is 5.90. The second-order valence-corrected chi connectivity index (χ2v) is 3.03. The number of nitrogens with one attached hydrogen (secondary N) is 1. The van der Waals surface area contributed by atoms with E-state index in [0.717, 1.165) is 0 Å². The summed E-state index contributed by atoms with van der Waals surface area (Å²) in [5, 5.41) is 15.3. The van der Waals surface area contributed by atoms with Gasteiger partial charge in [0.1, 0.15) is 11.6 Å². The molecule has 0 amide bonds. The fraction of sp³-hybridized carbons (Fsp3) is 0.100. The molecule has 1 aromatic carbocycles. The van der Waals surface area contributed by atoms with E-state index in [4.69, 9.17) is 5.26 Å². The van der Waals surface area contributed by atoms with Crippen LogP contribution in [-0.2, 0) is 0 Å². The Bertz CT molecular complexity index is 539. The molecule has 74 valence electrons. The van der Waals surface area contributed by atoms with Crippen molar-refractivity contribution < 1.29 is 4.39 Å². The highest BCUT2D eigenvalue weighted by molar-refractivity contribution is 5.64. The van der Waals surface area contributed by atoms with E-state index < -0.39 is 5.82 Å². The van der Waals surface area contributed by atoms with Crippen molar-refractivity contribution in [3.8, 4) is 17.5 Å². The molecular weight excluding hydrogens is 195 g/mol. The molecule has 2 rings (SSSR count). The third-order valence-electron chi connectivity index (χ3n) is 1.95. The predicted molar refractivity (Wildman–Crippen MR) is 51.2 cm³/mol. The van der Waals surface area contributed by atoms with Gasteiger partial charge in [-0.3, -0.25) is 5.10 Å². The van der Waals surface area contributed by atoms with Crippen LogP contribution >= 0.6 is 0 Å². The molecule has 0 spiro atoms. The Morgan fingerprint density at radius 3 is 2.87 bits per heavy atom.